The Balaban J connectivity index is 4.39. The second-order valence-corrected chi connectivity index (χ2v) is 1.52. The minimum atomic E-state index is -5.31. The summed E-state index contributed by atoms with van der Waals surface area (Å²) in [6.45, 7) is 0.887. The summed E-state index contributed by atoms with van der Waals surface area (Å²) in [7, 11) is 0. The van der Waals surface area contributed by atoms with E-state index in [9.17, 15) is 22.0 Å². The summed E-state index contributed by atoms with van der Waals surface area (Å²) >= 11 is 0. The standard InChI is InChI=1S/C5H5F5O/c1-2-11-4(7)3(6)5(8,9)10/h2H2,1H3/b4-3-. The van der Waals surface area contributed by atoms with Crippen molar-refractivity contribution >= 4 is 0 Å². The Bertz CT molecular complexity index is 159. The molecule has 0 amide bonds. The molecular weight excluding hydrogens is 171 g/mol. The van der Waals surface area contributed by atoms with Gasteiger partial charge >= 0.3 is 12.2 Å². The molecule has 0 atom stereocenters. The first-order chi connectivity index (χ1) is 4.89. The van der Waals surface area contributed by atoms with Crippen LogP contribution in [-0.4, -0.2) is 12.8 Å². The van der Waals surface area contributed by atoms with Crippen LogP contribution in [0.25, 0.3) is 0 Å². The summed E-state index contributed by atoms with van der Waals surface area (Å²) in [5.74, 6) is -2.83. The average Bonchev–Trinajstić information content (AvgIpc) is 1.85. The van der Waals surface area contributed by atoms with Crippen molar-refractivity contribution in [2.75, 3.05) is 6.61 Å². The van der Waals surface area contributed by atoms with Gasteiger partial charge in [-0.2, -0.15) is 22.0 Å². The van der Waals surface area contributed by atoms with Crippen LogP contribution in [0.4, 0.5) is 22.0 Å². The van der Waals surface area contributed by atoms with Crippen molar-refractivity contribution in [2.45, 2.75) is 13.1 Å². The van der Waals surface area contributed by atoms with Crippen LogP contribution in [0.1, 0.15) is 6.92 Å². The van der Waals surface area contributed by atoms with E-state index < -0.39 is 18.0 Å². The predicted octanol–water partition coefficient (Wildman–Crippen LogP) is 2.69. The van der Waals surface area contributed by atoms with Crippen LogP contribution in [0.5, 0.6) is 0 Å². The van der Waals surface area contributed by atoms with E-state index in [4.69, 9.17) is 0 Å². The molecule has 0 fully saturated rings. The maximum absolute atomic E-state index is 11.9. The molecule has 66 valence electrons. The summed E-state index contributed by atoms with van der Waals surface area (Å²) in [6, 6.07) is -2.22. The Morgan fingerprint density at radius 2 is 1.73 bits per heavy atom. The number of hydrogen-bond donors (Lipinski definition) is 0. The van der Waals surface area contributed by atoms with Gasteiger partial charge in [-0.3, -0.25) is 0 Å². The second-order valence-electron chi connectivity index (χ2n) is 1.52. The van der Waals surface area contributed by atoms with Crippen LogP contribution in [0.2, 0.25) is 0 Å². The molecule has 0 aliphatic heterocycles. The third-order valence-corrected chi connectivity index (χ3v) is 0.693. The first kappa shape index (κ1) is 10.2. The molecular formula is C5H5F5O. The van der Waals surface area contributed by atoms with Gasteiger partial charge in [0.05, 0.1) is 6.61 Å². The van der Waals surface area contributed by atoms with Gasteiger partial charge in [-0.25, -0.2) is 0 Å². The highest BCUT2D eigenvalue weighted by atomic mass is 19.4. The van der Waals surface area contributed by atoms with E-state index >= 15 is 0 Å². The third-order valence-electron chi connectivity index (χ3n) is 0.693. The van der Waals surface area contributed by atoms with Gasteiger partial charge in [-0.05, 0) is 6.92 Å². The van der Waals surface area contributed by atoms with Gasteiger partial charge in [-0.15, -0.1) is 0 Å². The molecule has 0 aliphatic carbocycles. The molecule has 0 saturated heterocycles. The minimum Gasteiger partial charge on any atom is -0.469 e. The SMILES string of the molecule is CCO/C(F)=C(\F)C(F)(F)F. The Morgan fingerprint density at radius 1 is 1.27 bits per heavy atom. The highest BCUT2D eigenvalue weighted by molar-refractivity contribution is 4.99. The van der Waals surface area contributed by atoms with Crippen LogP contribution >= 0.6 is 0 Å². The Labute approximate surface area is 59.5 Å². The van der Waals surface area contributed by atoms with Crippen LogP contribution < -0.4 is 0 Å². The number of ether oxygens (including phenoxy) is 1. The van der Waals surface area contributed by atoms with E-state index in [1.165, 1.54) is 6.92 Å². The van der Waals surface area contributed by atoms with Crippen molar-refractivity contribution in [3.05, 3.63) is 11.8 Å². The highest BCUT2D eigenvalue weighted by Crippen LogP contribution is 2.29. The fraction of sp³-hybridized carbons (Fsp3) is 0.600. The summed E-state index contributed by atoms with van der Waals surface area (Å²) < 4.78 is 61.1. The summed E-state index contributed by atoms with van der Waals surface area (Å²) in [4.78, 5) is 0. The zero-order chi connectivity index (χ0) is 9.07. The largest absolute Gasteiger partial charge is 0.469 e. The van der Waals surface area contributed by atoms with Gasteiger partial charge in [-0.1, -0.05) is 0 Å². The Kier molecular flexibility index (Phi) is 3.28. The summed E-state index contributed by atoms with van der Waals surface area (Å²) in [5.41, 5.74) is 0. The molecule has 0 aromatic carbocycles. The van der Waals surface area contributed by atoms with Crippen molar-refractivity contribution in [1.29, 1.82) is 0 Å². The Morgan fingerprint density at radius 3 is 2.00 bits per heavy atom. The topological polar surface area (TPSA) is 9.23 Å². The first-order valence-electron chi connectivity index (χ1n) is 2.64. The van der Waals surface area contributed by atoms with Crippen LogP contribution in [0.3, 0.4) is 0 Å². The number of halogens is 5. The van der Waals surface area contributed by atoms with Crippen LogP contribution in [0, 0.1) is 0 Å². The molecule has 0 N–H and O–H groups in total. The van der Waals surface area contributed by atoms with Gasteiger partial charge in [0, 0.05) is 0 Å². The van der Waals surface area contributed by atoms with E-state index in [0.29, 0.717) is 0 Å². The zero-order valence-electron chi connectivity index (χ0n) is 5.51. The molecule has 0 unspecified atom stereocenters. The fourth-order valence-electron chi connectivity index (χ4n) is 0.302. The smallest absolute Gasteiger partial charge is 0.449 e. The lowest BCUT2D eigenvalue weighted by Crippen LogP contribution is -2.10. The lowest BCUT2D eigenvalue weighted by molar-refractivity contribution is -0.116. The lowest BCUT2D eigenvalue weighted by Gasteiger charge is -2.04. The molecule has 0 aliphatic rings. The molecule has 0 saturated carbocycles. The fourth-order valence-corrected chi connectivity index (χ4v) is 0.302. The molecule has 0 heterocycles. The van der Waals surface area contributed by atoms with Crippen molar-refractivity contribution < 1.29 is 26.7 Å². The lowest BCUT2D eigenvalue weighted by atomic mass is 10.5. The van der Waals surface area contributed by atoms with Gasteiger partial charge in [0.2, 0.25) is 0 Å². The zero-order valence-corrected chi connectivity index (χ0v) is 5.51. The monoisotopic (exact) mass is 176 g/mol. The number of hydrogen-bond acceptors (Lipinski definition) is 1. The molecule has 1 nitrogen and oxygen atoms in total. The summed E-state index contributed by atoms with van der Waals surface area (Å²) in [5, 5.41) is 0. The van der Waals surface area contributed by atoms with Crippen molar-refractivity contribution in [2.24, 2.45) is 0 Å². The van der Waals surface area contributed by atoms with Gasteiger partial charge < -0.3 is 4.74 Å². The summed E-state index contributed by atoms with van der Waals surface area (Å²) in [6.07, 6.45) is -5.31. The average molecular weight is 176 g/mol. The van der Waals surface area contributed by atoms with Gasteiger partial charge in [0.15, 0.2) is 0 Å². The second kappa shape index (κ2) is 3.54. The van der Waals surface area contributed by atoms with E-state index in [1.54, 1.807) is 0 Å². The van der Waals surface area contributed by atoms with E-state index in [0.717, 1.165) is 0 Å². The molecule has 0 radical (unpaired) electrons. The van der Waals surface area contributed by atoms with Crippen LogP contribution in [-0.2, 0) is 4.74 Å². The molecule has 0 aromatic rings. The van der Waals surface area contributed by atoms with Crippen molar-refractivity contribution in [3.8, 4) is 0 Å². The molecule has 0 bridgehead atoms. The maximum Gasteiger partial charge on any atom is 0.449 e. The maximum atomic E-state index is 11.9. The van der Waals surface area contributed by atoms with E-state index in [2.05, 4.69) is 4.74 Å². The van der Waals surface area contributed by atoms with E-state index in [-0.39, 0.29) is 6.61 Å². The minimum absolute atomic E-state index is 0.352. The normalized spacial score (nSPS) is 14.4. The first-order valence-corrected chi connectivity index (χ1v) is 2.64. The predicted molar refractivity (Wildman–Crippen MR) is 26.9 cm³/mol. The molecule has 6 heteroatoms. The number of rotatable bonds is 2. The van der Waals surface area contributed by atoms with Crippen molar-refractivity contribution in [3.63, 3.8) is 0 Å². The highest BCUT2D eigenvalue weighted by Gasteiger charge is 2.39. The Hall–Kier alpha value is -0.810. The van der Waals surface area contributed by atoms with Gasteiger partial charge in [0.25, 0.3) is 5.83 Å². The quantitative estimate of drug-likeness (QED) is 0.464. The molecule has 0 rings (SSSR count). The number of allylic oxidation sites excluding steroid dienone is 1. The number of alkyl halides is 3. The van der Waals surface area contributed by atoms with Crippen molar-refractivity contribution in [1.82, 2.24) is 0 Å². The molecule has 0 spiro atoms. The van der Waals surface area contributed by atoms with E-state index in [1.807, 2.05) is 0 Å². The molecule has 11 heavy (non-hydrogen) atoms. The van der Waals surface area contributed by atoms with Crippen LogP contribution in [0.15, 0.2) is 11.8 Å². The van der Waals surface area contributed by atoms with Gasteiger partial charge in [0.1, 0.15) is 0 Å². The third kappa shape index (κ3) is 3.20. The molecule has 0 aromatic heterocycles.